The molecule has 0 aliphatic carbocycles. The van der Waals surface area contributed by atoms with E-state index in [0.29, 0.717) is 43.9 Å². The minimum Gasteiger partial charge on any atom is -0.341 e. The maximum absolute atomic E-state index is 13.3. The third kappa shape index (κ3) is 3.87. The quantitative estimate of drug-likeness (QED) is 0.857. The summed E-state index contributed by atoms with van der Waals surface area (Å²) in [7, 11) is 0. The van der Waals surface area contributed by atoms with Gasteiger partial charge in [-0.25, -0.2) is 9.07 Å². The molecule has 3 rings (SSSR count). The third-order valence-corrected chi connectivity index (χ3v) is 4.34. The van der Waals surface area contributed by atoms with Gasteiger partial charge in [0, 0.05) is 38.8 Å². The van der Waals surface area contributed by atoms with E-state index in [4.69, 9.17) is 0 Å². The largest absolute Gasteiger partial charge is 0.341 e. The number of benzene rings is 1. The topological polar surface area (TPSA) is 58.4 Å². The van der Waals surface area contributed by atoms with Crippen molar-refractivity contribution in [2.75, 3.05) is 26.2 Å². The Kier molecular flexibility index (Phi) is 5.11. The van der Waals surface area contributed by atoms with Crippen LogP contribution in [0.3, 0.4) is 0 Å². The molecule has 0 N–H and O–H groups in total. The molecular weight excluding hydrogens is 323 g/mol. The SMILES string of the molecule is CCC(=O)N1CCCN(C(=O)c2cnn(-c3cccc(F)c3)c2)CC1. The molecule has 2 amide bonds. The number of amides is 2. The highest BCUT2D eigenvalue weighted by Crippen LogP contribution is 2.13. The lowest BCUT2D eigenvalue weighted by Gasteiger charge is -2.21. The van der Waals surface area contributed by atoms with Gasteiger partial charge in [0.2, 0.25) is 5.91 Å². The van der Waals surface area contributed by atoms with E-state index in [2.05, 4.69) is 5.10 Å². The predicted octanol–water partition coefficient (Wildman–Crippen LogP) is 2.10. The fourth-order valence-electron chi connectivity index (χ4n) is 2.97. The fourth-order valence-corrected chi connectivity index (χ4v) is 2.97. The van der Waals surface area contributed by atoms with Crippen LogP contribution in [0.1, 0.15) is 30.1 Å². The van der Waals surface area contributed by atoms with E-state index in [1.54, 1.807) is 23.2 Å². The van der Waals surface area contributed by atoms with Gasteiger partial charge in [-0.3, -0.25) is 9.59 Å². The molecule has 0 saturated carbocycles. The Balaban J connectivity index is 1.70. The van der Waals surface area contributed by atoms with Gasteiger partial charge in [0.25, 0.3) is 5.91 Å². The summed E-state index contributed by atoms with van der Waals surface area (Å²) in [5, 5.41) is 4.16. The summed E-state index contributed by atoms with van der Waals surface area (Å²) in [5.41, 5.74) is 1.02. The average Bonchev–Trinajstić information content (AvgIpc) is 2.98. The molecule has 0 bridgehead atoms. The maximum atomic E-state index is 13.3. The van der Waals surface area contributed by atoms with E-state index in [1.165, 1.54) is 23.0 Å². The zero-order valence-electron chi connectivity index (χ0n) is 14.2. The fraction of sp³-hybridized carbons (Fsp3) is 0.389. The van der Waals surface area contributed by atoms with Gasteiger partial charge < -0.3 is 9.80 Å². The van der Waals surface area contributed by atoms with Crippen molar-refractivity contribution in [2.45, 2.75) is 19.8 Å². The molecular formula is C18H21FN4O2. The van der Waals surface area contributed by atoms with E-state index in [0.717, 1.165) is 6.42 Å². The second-order valence-corrected chi connectivity index (χ2v) is 6.03. The van der Waals surface area contributed by atoms with Crippen molar-refractivity contribution in [3.8, 4) is 5.69 Å². The Morgan fingerprint density at radius 1 is 1.16 bits per heavy atom. The van der Waals surface area contributed by atoms with Gasteiger partial charge in [0.1, 0.15) is 5.82 Å². The number of aromatic nitrogens is 2. The van der Waals surface area contributed by atoms with Crippen LogP contribution < -0.4 is 0 Å². The molecule has 1 fully saturated rings. The molecule has 6 nitrogen and oxygen atoms in total. The summed E-state index contributed by atoms with van der Waals surface area (Å²) in [6, 6.07) is 6.05. The van der Waals surface area contributed by atoms with Gasteiger partial charge in [0.15, 0.2) is 0 Å². The Morgan fingerprint density at radius 3 is 2.68 bits per heavy atom. The molecule has 7 heteroatoms. The normalized spacial score (nSPS) is 15.1. The number of hydrogen-bond acceptors (Lipinski definition) is 3. The van der Waals surface area contributed by atoms with E-state index in [1.807, 2.05) is 11.8 Å². The summed E-state index contributed by atoms with van der Waals surface area (Å²) >= 11 is 0. The molecule has 0 atom stereocenters. The van der Waals surface area contributed by atoms with Gasteiger partial charge in [-0.1, -0.05) is 13.0 Å². The average molecular weight is 344 g/mol. The van der Waals surface area contributed by atoms with Gasteiger partial charge in [-0.15, -0.1) is 0 Å². The maximum Gasteiger partial charge on any atom is 0.257 e. The monoisotopic (exact) mass is 344 g/mol. The van der Waals surface area contributed by atoms with Crippen LogP contribution in [0, 0.1) is 5.82 Å². The number of halogens is 1. The number of carbonyl (C=O) groups is 2. The van der Waals surface area contributed by atoms with Crippen molar-refractivity contribution in [2.24, 2.45) is 0 Å². The third-order valence-electron chi connectivity index (χ3n) is 4.34. The standard InChI is InChI=1S/C18H21FN4O2/c1-2-17(24)21-7-4-8-22(10-9-21)18(25)14-12-20-23(13-14)16-6-3-5-15(19)11-16/h3,5-6,11-13H,2,4,7-10H2,1H3. The van der Waals surface area contributed by atoms with Crippen LogP contribution in [-0.2, 0) is 4.79 Å². The van der Waals surface area contributed by atoms with Crippen molar-refractivity contribution in [1.29, 1.82) is 0 Å². The number of nitrogens with zero attached hydrogens (tertiary/aromatic N) is 4. The minimum atomic E-state index is -0.353. The van der Waals surface area contributed by atoms with Gasteiger partial charge in [-0.2, -0.15) is 5.10 Å². The highest BCUT2D eigenvalue weighted by atomic mass is 19.1. The first kappa shape index (κ1) is 17.1. The minimum absolute atomic E-state index is 0.117. The predicted molar refractivity (Wildman–Crippen MR) is 90.9 cm³/mol. The highest BCUT2D eigenvalue weighted by molar-refractivity contribution is 5.94. The molecule has 0 radical (unpaired) electrons. The molecule has 1 aliphatic heterocycles. The van der Waals surface area contributed by atoms with Crippen LogP contribution in [0.15, 0.2) is 36.7 Å². The number of carbonyl (C=O) groups excluding carboxylic acids is 2. The van der Waals surface area contributed by atoms with Crippen LogP contribution in [0.2, 0.25) is 0 Å². The van der Waals surface area contributed by atoms with Crippen molar-refractivity contribution in [3.05, 3.63) is 48.0 Å². The van der Waals surface area contributed by atoms with Crippen LogP contribution >= 0.6 is 0 Å². The molecule has 1 aromatic carbocycles. The number of rotatable bonds is 3. The first-order chi connectivity index (χ1) is 12.1. The Labute approximate surface area is 145 Å². The molecule has 132 valence electrons. The van der Waals surface area contributed by atoms with Gasteiger partial charge in [-0.05, 0) is 24.6 Å². The highest BCUT2D eigenvalue weighted by Gasteiger charge is 2.23. The van der Waals surface area contributed by atoms with Crippen molar-refractivity contribution in [1.82, 2.24) is 19.6 Å². The first-order valence-corrected chi connectivity index (χ1v) is 8.46. The van der Waals surface area contributed by atoms with Crippen LogP contribution in [0.5, 0.6) is 0 Å². The Bertz CT molecular complexity index is 774. The van der Waals surface area contributed by atoms with Crippen LogP contribution in [0.4, 0.5) is 4.39 Å². The van der Waals surface area contributed by atoms with Crippen LogP contribution in [0.25, 0.3) is 5.69 Å². The lowest BCUT2D eigenvalue weighted by molar-refractivity contribution is -0.130. The Morgan fingerprint density at radius 2 is 1.92 bits per heavy atom. The number of hydrogen-bond donors (Lipinski definition) is 0. The summed E-state index contributed by atoms with van der Waals surface area (Å²) in [6.45, 7) is 4.19. The molecule has 0 unspecified atom stereocenters. The summed E-state index contributed by atoms with van der Waals surface area (Å²) in [4.78, 5) is 28.1. The molecule has 25 heavy (non-hydrogen) atoms. The van der Waals surface area contributed by atoms with Gasteiger partial charge >= 0.3 is 0 Å². The van der Waals surface area contributed by atoms with Crippen molar-refractivity contribution < 1.29 is 14.0 Å². The zero-order valence-corrected chi connectivity index (χ0v) is 14.2. The van der Waals surface area contributed by atoms with E-state index >= 15 is 0 Å². The van der Waals surface area contributed by atoms with E-state index < -0.39 is 0 Å². The summed E-state index contributed by atoms with van der Waals surface area (Å²) in [6.07, 6.45) is 4.34. The Hall–Kier alpha value is -2.70. The molecule has 2 heterocycles. The summed E-state index contributed by atoms with van der Waals surface area (Å²) < 4.78 is 14.8. The second kappa shape index (κ2) is 7.46. The molecule has 1 saturated heterocycles. The molecule has 1 aliphatic rings. The lowest BCUT2D eigenvalue weighted by atomic mass is 10.3. The summed E-state index contributed by atoms with van der Waals surface area (Å²) in [5.74, 6) is -0.351. The van der Waals surface area contributed by atoms with E-state index in [-0.39, 0.29) is 17.6 Å². The second-order valence-electron chi connectivity index (χ2n) is 6.03. The molecule has 0 spiro atoms. The van der Waals surface area contributed by atoms with Crippen LogP contribution in [-0.4, -0.2) is 57.6 Å². The first-order valence-electron chi connectivity index (χ1n) is 8.46. The zero-order chi connectivity index (χ0) is 17.8. The van der Waals surface area contributed by atoms with E-state index in [9.17, 15) is 14.0 Å². The van der Waals surface area contributed by atoms with Crippen molar-refractivity contribution in [3.63, 3.8) is 0 Å². The molecule has 2 aromatic rings. The van der Waals surface area contributed by atoms with Crippen molar-refractivity contribution >= 4 is 11.8 Å². The smallest absolute Gasteiger partial charge is 0.257 e. The van der Waals surface area contributed by atoms with Gasteiger partial charge in [0.05, 0.1) is 17.4 Å². The lowest BCUT2D eigenvalue weighted by Crippen LogP contribution is -2.37. The molecule has 1 aromatic heterocycles.